The van der Waals surface area contributed by atoms with Crippen LogP contribution in [-0.4, -0.2) is 72.1 Å². The zero-order valence-corrected chi connectivity index (χ0v) is 18.1. The highest BCUT2D eigenvalue weighted by atomic mass is 15.3. The lowest BCUT2D eigenvalue weighted by molar-refractivity contribution is 0.132. The molecule has 0 unspecified atom stereocenters. The maximum atomic E-state index is 5.64. The Hall–Kier alpha value is -2.67. The van der Waals surface area contributed by atoms with E-state index in [0.29, 0.717) is 0 Å². The van der Waals surface area contributed by atoms with Gasteiger partial charge in [-0.3, -0.25) is 0 Å². The van der Waals surface area contributed by atoms with Gasteiger partial charge in [0.1, 0.15) is 5.82 Å². The van der Waals surface area contributed by atoms with Gasteiger partial charge in [-0.25, -0.2) is 4.98 Å². The number of rotatable bonds is 8. The lowest BCUT2D eigenvalue weighted by Gasteiger charge is -2.34. The van der Waals surface area contributed by atoms with E-state index in [1.54, 1.807) is 0 Å². The average Bonchev–Trinajstić information content (AvgIpc) is 3.21. The van der Waals surface area contributed by atoms with Crippen molar-refractivity contribution in [2.75, 3.05) is 57.7 Å². The van der Waals surface area contributed by atoms with Crippen LogP contribution in [0.1, 0.15) is 12.8 Å². The Morgan fingerprint density at radius 3 is 2.32 bits per heavy atom. The summed E-state index contributed by atoms with van der Waals surface area (Å²) in [6, 6.07) is 16.9. The van der Waals surface area contributed by atoms with Crippen LogP contribution in [0.4, 0.5) is 5.82 Å². The molecule has 0 amide bonds. The Morgan fingerprint density at radius 1 is 0.871 bits per heavy atom. The second kappa shape index (κ2) is 9.22. The van der Waals surface area contributed by atoms with Gasteiger partial charge in [0.05, 0.1) is 16.4 Å². The standard InChI is InChI=1S/C25H32N6/c26-11-5-13-30-15-17-31(18-16-30)14-6-12-27-25-23-19-7-1-3-9-21(19)28-24(23)20-8-2-4-10-22(20)29-25/h1-4,7-10,28H,5-6,11-18,26H2,(H,27,29). The van der Waals surface area contributed by atoms with Gasteiger partial charge < -0.3 is 25.8 Å². The summed E-state index contributed by atoms with van der Waals surface area (Å²) < 4.78 is 0. The van der Waals surface area contributed by atoms with Crippen molar-refractivity contribution in [2.24, 2.45) is 5.73 Å². The minimum absolute atomic E-state index is 0.790. The summed E-state index contributed by atoms with van der Waals surface area (Å²) >= 11 is 0. The van der Waals surface area contributed by atoms with Crippen LogP contribution in [0.2, 0.25) is 0 Å². The second-order valence-corrected chi connectivity index (χ2v) is 8.50. The predicted octanol–water partition coefficient (Wildman–Crippen LogP) is 3.64. The number of piperazine rings is 1. The van der Waals surface area contributed by atoms with Gasteiger partial charge in [-0.05, 0) is 44.6 Å². The van der Waals surface area contributed by atoms with E-state index in [1.165, 1.54) is 21.7 Å². The Bertz CT molecular complexity index is 1160. The van der Waals surface area contributed by atoms with E-state index in [1.807, 2.05) is 0 Å². The van der Waals surface area contributed by atoms with Crippen LogP contribution in [0.5, 0.6) is 0 Å². The molecule has 1 aliphatic heterocycles. The van der Waals surface area contributed by atoms with Gasteiger partial charge >= 0.3 is 0 Å². The van der Waals surface area contributed by atoms with Crippen molar-refractivity contribution in [2.45, 2.75) is 12.8 Å². The summed E-state index contributed by atoms with van der Waals surface area (Å²) in [5, 5.41) is 7.25. The third-order valence-corrected chi connectivity index (χ3v) is 6.44. The fourth-order valence-electron chi connectivity index (χ4n) is 4.74. The topological polar surface area (TPSA) is 73.2 Å². The molecule has 0 bridgehead atoms. The van der Waals surface area contributed by atoms with Gasteiger partial charge in [0, 0.05) is 49.0 Å². The van der Waals surface area contributed by atoms with Crippen LogP contribution in [0.15, 0.2) is 48.5 Å². The Kier molecular flexibility index (Phi) is 6.02. The summed E-state index contributed by atoms with van der Waals surface area (Å²) in [7, 11) is 0. The number of nitrogens with one attached hydrogen (secondary N) is 2. The molecule has 2 aromatic carbocycles. The van der Waals surface area contributed by atoms with Crippen molar-refractivity contribution in [3.8, 4) is 0 Å². The number of pyridine rings is 1. The van der Waals surface area contributed by atoms with E-state index in [4.69, 9.17) is 10.7 Å². The molecule has 3 heterocycles. The monoisotopic (exact) mass is 416 g/mol. The molecule has 4 aromatic rings. The Labute approximate surface area is 183 Å². The third kappa shape index (κ3) is 4.24. The fourth-order valence-corrected chi connectivity index (χ4v) is 4.74. The molecule has 1 fully saturated rings. The van der Waals surface area contributed by atoms with Crippen molar-refractivity contribution in [1.82, 2.24) is 19.8 Å². The number of hydrogen-bond donors (Lipinski definition) is 3. The number of anilines is 1. The molecule has 0 aliphatic carbocycles. The highest BCUT2D eigenvalue weighted by Gasteiger charge is 2.16. The number of H-pyrrole nitrogens is 1. The minimum atomic E-state index is 0.790. The first-order valence-electron chi connectivity index (χ1n) is 11.5. The molecule has 0 spiro atoms. The molecule has 162 valence electrons. The summed E-state index contributed by atoms with van der Waals surface area (Å²) in [4.78, 5) is 13.7. The zero-order chi connectivity index (χ0) is 21.0. The maximum Gasteiger partial charge on any atom is 0.136 e. The number of fused-ring (bicyclic) bond motifs is 5. The number of para-hydroxylation sites is 2. The van der Waals surface area contributed by atoms with E-state index >= 15 is 0 Å². The largest absolute Gasteiger partial charge is 0.369 e. The molecule has 6 heteroatoms. The molecule has 1 aliphatic rings. The molecule has 2 aromatic heterocycles. The first kappa shape index (κ1) is 20.2. The fraction of sp³-hybridized carbons (Fsp3) is 0.400. The van der Waals surface area contributed by atoms with Crippen molar-refractivity contribution >= 4 is 38.5 Å². The van der Waals surface area contributed by atoms with Gasteiger partial charge in [0.25, 0.3) is 0 Å². The zero-order valence-electron chi connectivity index (χ0n) is 18.1. The molecule has 0 radical (unpaired) electrons. The highest BCUT2D eigenvalue weighted by molar-refractivity contribution is 6.20. The van der Waals surface area contributed by atoms with Crippen LogP contribution in [0.25, 0.3) is 32.7 Å². The normalized spacial score (nSPS) is 15.9. The maximum absolute atomic E-state index is 5.64. The molecule has 1 saturated heterocycles. The first-order chi connectivity index (χ1) is 15.3. The SMILES string of the molecule is NCCCN1CCN(CCCNc2nc3ccccc3c3[nH]c4ccccc4c23)CC1. The van der Waals surface area contributed by atoms with Gasteiger partial charge in [0.15, 0.2) is 0 Å². The van der Waals surface area contributed by atoms with E-state index in [0.717, 1.165) is 82.1 Å². The molecule has 5 rings (SSSR count). The van der Waals surface area contributed by atoms with Gasteiger partial charge in [-0.1, -0.05) is 36.4 Å². The van der Waals surface area contributed by atoms with Crippen molar-refractivity contribution < 1.29 is 0 Å². The number of hydrogen-bond acceptors (Lipinski definition) is 5. The van der Waals surface area contributed by atoms with Crippen molar-refractivity contribution in [3.63, 3.8) is 0 Å². The van der Waals surface area contributed by atoms with Crippen LogP contribution in [0.3, 0.4) is 0 Å². The van der Waals surface area contributed by atoms with Crippen LogP contribution in [0, 0.1) is 0 Å². The molecule has 4 N–H and O–H groups in total. The molecule has 0 saturated carbocycles. The van der Waals surface area contributed by atoms with Crippen molar-refractivity contribution in [1.29, 1.82) is 0 Å². The Balaban J connectivity index is 1.27. The number of aromatic nitrogens is 2. The van der Waals surface area contributed by atoms with Crippen LogP contribution < -0.4 is 11.1 Å². The predicted molar refractivity (Wildman–Crippen MR) is 131 cm³/mol. The van der Waals surface area contributed by atoms with Crippen LogP contribution in [-0.2, 0) is 0 Å². The lowest BCUT2D eigenvalue weighted by Crippen LogP contribution is -2.47. The second-order valence-electron chi connectivity index (χ2n) is 8.50. The molecular weight excluding hydrogens is 384 g/mol. The summed E-state index contributed by atoms with van der Waals surface area (Å²) in [5.74, 6) is 0.984. The number of nitrogens with two attached hydrogens (primary N) is 1. The molecular formula is C25H32N6. The Morgan fingerprint density at radius 2 is 1.55 bits per heavy atom. The average molecular weight is 417 g/mol. The van der Waals surface area contributed by atoms with Gasteiger partial charge in [-0.15, -0.1) is 0 Å². The number of nitrogens with zero attached hydrogens (tertiary/aromatic N) is 3. The van der Waals surface area contributed by atoms with Gasteiger partial charge in [0.2, 0.25) is 0 Å². The lowest BCUT2D eigenvalue weighted by atomic mass is 10.1. The quantitative estimate of drug-likeness (QED) is 0.383. The van der Waals surface area contributed by atoms with Gasteiger partial charge in [-0.2, -0.15) is 0 Å². The highest BCUT2D eigenvalue weighted by Crippen LogP contribution is 2.34. The van der Waals surface area contributed by atoms with Crippen LogP contribution >= 0.6 is 0 Å². The smallest absolute Gasteiger partial charge is 0.136 e. The first-order valence-corrected chi connectivity index (χ1v) is 11.5. The summed E-state index contributed by atoms with van der Waals surface area (Å²) in [6.07, 6.45) is 2.21. The number of aromatic amines is 1. The van der Waals surface area contributed by atoms with E-state index in [-0.39, 0.29) is 0 Å². The molecule has 0 atom stereocenters. The molecule has 31 heavy (non-hydrogen) atoms. The third-order valence-electron chi connectivity index (χ3n) is 6.44. The minimum Gasteiger partial charge on any atom is -0.369 e. The number of benzene rings is 2. The van der Waals surface area contributed by atoms with Crippen molar-refractivity contribution in [3.05, 3.63) is 48.5 Å². The van der Waals surface area contributed by atoms with E-state index in [2.05, 4.69) is 68.6 Å². The summed E-state index contributed by atoms with van der Waals surface area (Å²) in [6.45, 7) is 8.62. The molecule has 6 nitrogen and oxygen atoms in total. The summed E-state index contributed by atoms with van der Waals surface area (Å²) in [5.41, 5.74) is 8.99. The van der Waals surface area contributed by atoms with E-state index < -0.39 is 0 Å². The van der Waals surface area contributed by atoms with E-state index in [9.17, 15) is 0 Å².